The molecule has 152 valence electrons. The molecule has 1 aliphatic heterocycles. The van der Waals surface area contributed by atoms with Gasteiger partial charge in [0.05, 0.1) is 11.8 Å². The van der Waals surface area contributed by atoms with Crippen molar-refractivity contribution in [3.8, 4) is 0 Å². The second kappa shape index (κ2) is 9.97. The molecule has 2 N–H and O–H groups in total. The molecule has 9 heteroatoms. The molecule has 0 saturated carbocycles. The number of amides is 1. The third-order valence-electron chi connectivity index (χ3n) is 4.65. The van der Waals surface area contributed by atoms with Crippen LogP contribution in [0, 0.1) is 0 Å². The highest BCUT2D eigenvalue weighted by atomic mass is 35.5. The Labute approximate surface area is 172 Å². The molecule has 1 aliphatic rings. The molecule has 1 aromatic carbocycles. The van der Waals surface area contributed by atoms with Crippen LogP contribution >= 0.6 is 12.4 Å². The third kappa shape index (κ3) is 5.51. The molecule has 0 aliphatic carbocycles. The number of piperazine rings is 1. The smallest absolute Gasteiger partial charge is 0.254 e. The molecular formula is C19H25ClN4O3S. The summed E-state index contributed by atoms with van der Waals surface area (Å²) in [6.45, 7) is 3.87. The maximum atomic E-state index is 13.0. The lowest BCUT2D eigenvalue weighted by Crippen LogP contribution is -2.48. The van der Waals surface area contributed by atoms with Crippen molar-refractivity contribution >= 4 is 28.3 Å². The Hall–Kier alpha value is -2.00. The van der Waals surface area contributed by atoms with Crippen LogP contribution in [0.2, 0.25) is 0 Å². The Kier molecular flexibility index (Phi) is 7.94. The molecule has 28 heavy (non-hydrogen) atoms. The van der Waals surface area contributed by atoms with Crippen LogP contribution in [0.5, 0.6) is 0 Å². The van der Waals surface area contributed by atoms with E-state index in [0.717, 1.165) is 17.7 Å². The van der Waals surface area contributed by atoms with Gasteiger partial charge in [0.25, 0.3) is 5.91 Å². The van der Waals surface area contributed by atoms with E-state index < -0.39 is 10.0 Å². The first-order valence-corrected chi connectivity index (χ1v) is 10.6. The lowest BCUT2D eigenvalue weighted by atomic mass is 10.0. The number of carbonyl (C=O) groups is 1. The summed E-state index contributed by atoms with van der Waals surface area (Å²) in [4.78, 5) is 19.1. The van der Waals surface area contributed by atoms with Gasteiger partial charge < -0.3 is 10.2 Å². The van der Waals surface area contributed by atoms with Crippen LogP contribution in [0.15, 0.2) is 48.8 Å². The van der Waals surface area contributed by atoms with Gasteiger partial charge in [0.2, 0.25) is 10.0 Å². The van der Waals surface area contributed by atoms with Crippen LogP contribution in [-0.4, -0.2) is 49.6 Å². The number of rotatable bonds is 6. The molecular weight excluding hydrogens is 400 g/mol. The summed E-state index contributed by atoms with van der Waals surface area (Å²) in [6, 6.07) is 10.9. The van der Waals surface area contributed by atoms with Gasteiger partial charge in [0, 0.05) is 44.1 Å². The van der Waals surface area contributed by atoms with Crippen molar-refractivity contribution in [2.75, 3.05) is 25.4 Å². The van der Waals surface area contributed by atoms with E-state index in [9.17, 15) is 13.2 Å². The quantitative estimate of drug-likeness (QED) is 0.736. The van der Waals surface area contributed by atoms with Crippen molar-refractivity contribution in [3.05, 3.63) is 65.5 Å². The molecule has 3 rings (SSSR count). The number of nitrogens with one attached hydrogen (secondary N) is 2. The van der Waals surface area contributed by atoms with Crippen LogP contribution in [0.1, 0.15) is 34.5 Å². The van der Waals surface area contributed by atoms with E-state index in [1.165, 1.54) is 0 Å². The summed E-state index contributed by atoms with van der Waals surface area (Å²) in [5, 5.41) is 3.33. The summed E-state index contributed by atoms with van der Waals surface area (Å²) in [5.74, 6) is 0.00787. The fraction of sp³-hybridized carbons (Fsp3) is 0.368. The maximum absolute atomic E-state index is 13.0. The van der Waals surface area contributed by atoms with Gasteiger partial charge in [-0.2, -0.15) is 0 Å². The van der Waals surface area contributed by atoms with Crippen LogP contribution in [0.4, 0.5) is 0 Å². The zero-order valence-electron chi connectivity index (χ0n) is 15.7. The molecule has 0 spiro atoms. The highest BCUT2D eigenvalue weighted by molar-refractivity contribution is 7.89. The Bertz CT molecular complexity index is 876. The minimum atomic E-state index is -3.24. The number of carbonyl (C=O) groups excluding carboxylic acids is 1. The second-order valence-electron chi connectivity index (χ2n) is 6.43. The molecule has 0 radical (unpaired) electrons. The number of nitrogens with zero attached hydrogens (tertiary/aromatic N) is 2. The Morgan fingerprint density at radius 1 is 1.29 bits per heavy atom. The van der Waals surface area contributed by atoms with Crippen molar-refractivity contribution < 1.29 is 13.2 Å². The Morgan fingerprint density at radius 2 is 2.04 bits per heavy atom. The summed E-state index contributed by atoms with van der Waals surface area (Å²) < 4.78 is 25.6. The van der Waals surface area contributed by atoms with E-state index in [1.807, 2.05) is 17.0 Å². The van der Waals surface area contributed by atoms with Crippen molar-refractivity contribution in [2.45, 2.75) is 19.5 Å². The Balaban J connectivity index is 0.00000280. The van der Waals surface area contributed by atoms with Gasteiger partial charge in [-0.15, -0.1) is 12.4 Å². The summed E-state index contributed by atoms with van der Waals surface area (Å²) in [5.41, 5.74) is 2.41. The fourth-order valence-electron chi connectivity index (χ4n) is 3.04. The maximum Gasteiger partial charge on any atom is 0.254 e. The average Bonchev–Trinajstić information content (AvgIpc) is 2.73. The van der Waals surface area contributed by atoms with E-state index in [2.05, 4.69) is 15.0 Å². The minimum Gasteiger partial charge on any atom is -0.329 e. The predicted octanol–water partition coefficient (Wildman–Crippen LogP) is 1.73. The molecule has 1 amide bonds. The SMILES string of the molecule is CCS(=O)(=O)NCc1ccc(C(=O)N2CCNCC2c2cccnc2)cc1.Cl. The zero-order chi connectivity index (χ0) is 19.3. The molecule has 2 heterocycles. The molecule has 1 atom stereocenters. The van der Waals surface area contributed by atoms with E-state index in [1.54, 1.807) is 43.6 Å². The summed E-state index contributed by atoms with van der Waals surface area (Å²) in [6.07, 6.45) is 3.51. The van der Waals surface area contributed by atoms with E-state index >= 15 is 0 Å². The monoisotopic (exact) mass is 424 g/mol. The third-order valence-corrected chi connectivity index (χ3v) is 5.99. The first-order chi connectivity index (χ1) is 13.0. The second-order valence-corrected chi connectivity index (χ2v) is 8.52. The van der Waals surface area contributed by atoms with Crippen LogP contribution in [0.3, 0.4) is 0 Å². The number of hydrogen-bond acceptors (Lipinski definition) is 5. The van der Waals surface area contributed by atoms with Crippen molar-refractivity contribution in [1.29, 1.82) is 0 Å². The molecule has 0 bridgehead atoms. The lowest BCUT2D eigenvalue weighted by Gasteiger charge is -2.36. The number of hydrogen-bond donors (Lipinski definition) is 2. The standard InChI is InChI=1S/C19H24N4O3S.ClH/c1-2-27(25,26)22-12-15-5-7-16(8-6-15)19(24)23-11-10-21-14-18(23)17-4-3-9-20-13-17;/h3-9,13,18,21-22H,2,10-12,14H2,1H3;1H. The summed E-state index contributed by atoms with van der Waals surface area (Å²) in [7, 11) is -3.24. The number of pyridine rings is 1. The van der Waals surface area contributed by atoms with Gasteiger partial charge >= 0.3 is 0 Å². The topological polar surface area (TPSA) is 91.4 Å². The van der Waals surface area contributed by atoms with Crippen LogP contribution in [0.25, 0.3) is 0 Å². The normalized spacial score (nSPS) is 17.0. The molecule has 1 saturated heterocycles. The number of benzene rings is 1. The van der Waals surface area contributed by atoms with Gasteiger partial charge in [-0.25, -0.2) is 13.1 Å². The molecule has 2 aromatic rings. The zero-order valence-corrected chi connectivity index (χ0v) is 17.3. The van der Waals surface area contributed by atoms with Crippen molar-refractivity contribution in [3.63, 3.8) is 0 Å². The number of sulfonamides is 1. The highest BCUT2D eigenvalue weighted by Crippen LogP contribution is 2.23. The minimum absolute atomic E-state index is 0. The van der Waals surface area contributed by atoms with Crippen LogP contribution < -0.4 is 10.0 Å². The van der Waals surface area contributed by atoms with Gasteiger partial charge in [-0.05, 0) is 36.2 Å². The average molecular weight is 425 g/mol. The molecule has 7 nitrogen and oxygen atoms in total. The van der Waals surface area contributed by atoms with E-state index in [4.69, 9.17) is 0 Å². The van der Waals surface area contributed by atoms with Crippen molar-refractivity contribution in [2.24, 2.45) is 0 Å². The number of aromatic nitrogens is 1. The first kappa shape index (κ1) is 22.3. The van der Waals surface area contributed by atoms with E-state index in [0.29, 0.717) is 18.7 Å². The first-order valence-electron chi connectivity index (χ1n) is 8.98. The van der Waals surface area contributed by atoms with Gasteiger partial charge in [-0.1, -0.05) is 18.2 Å². The van der Waals surface area contributed by atoms with E-state index in [-0.39, 0.29) is 36.7 Å². The lowest BCUT2D eigenvalue weighted by molar-refractivity contribution is 0.0634. The van der Waals surface area contributed by atoms with Gasteiger partial charge in [0.15, 0.2) is 0 Å². The Morgan fingerprint density at radius 3 is 2.68 bits per heavy atom. The van der Waals surface area contributed by atoms with Gasteiger partial charge in [-0.3, -0.25) is 9.78 Å². The van der Waals surface area contributed by atoms with Crippen LogP contribution in [-0.2, 0) is 16.6 Å². The number of halogens is 1. The largest absolute Gasteiger partial charge is 0.329 e. The fourth-order valence-corrected chi connectivity index (χ4v) is 3.64. The summed E-state index contributed by atoms with van der Waals surface area (Å²) >= 11 is 0. The molecule has 1 aromatic heterocycles. The molecule has 1 unspecified atom stereocenters. The predicted molar refractivity (Wildman–Crippen MR) is 111 cm³/mol. The highest BCUT2D eigenvalue weighted by Gasteiger charge is 2.28. The molecule has 1 fully saturated rings. The van der Waals surface area contributed by atoms with Crippen molar-refractivity contribution in [1.82, 2.24) is 19.9 Å². The van der Waals surface area contributed by atoms with Gasteiger partial charge in [0.1, 0.15) is 0 Å².